The fourth-order valence-electron chi connectivity index (χ4n) is 3.08. The van der Waals surface area contributed by atoms with Gasteiger partial charge >= 0.3 is 0 Å². The maximum absolute atomic E-state index is 12.8. The Morgan fingerprint density at radius 2 is 1.75 bits per heavy atom. The van der Waals surface area contributed by atoms with Crippen LogP contribution in [0, 0.1) is 0 Å². The molecule has 0 fully saturated rings. The van der Waals surface area contributed by atoms with Gasteiger partial charge in [-0.05, 0) is 56.3 Å². The van der Waals surface area contributed by atoms with E-state index >= 15 is 0 Å². The summed E-state index contributed by atoms with van der Waals surface area (Å²) in [6.07, 6.45) is 4.44. The molecule has 3 aromatic heterocycles. The Labute approximate surface area is 185 Å². The van der Waals surface area contributed by atoms with Gasteiger partial charge < -0.3 is 9.88 Å². The second-order valence-electron chi connectivity index (χ2n) is 7.23. The number of hydrogen-bond donors (Lipinski definition) is 1. The Balaban J connectivity index is 1.59. The summed E-state index contributed by atoms with van der Waals surface area (Å²) >= 11 is 0. The van der Waals surface area contributed by atoms with Crippen molar-refractivity contribution in [2.24, 2.45) is 0 Å². The SMILES string of the molecule is CC(C)n1cnnc1-c1cccc(NC(=O)c2cccc(S(=O)(=O)c3ccncc3)c2)n1. The van der Waals surface area contributed by atoms with Crippen molar-refractivity contribution in [2.45, 2.75) is 29.7 Å². The van der Waals surface area contributed by atoms with E-state index in [1.807, 2.05) is 18.4 Å². The molecule has 0 bridgehead atoms. The highest BCUT2D eigenvalue weighted by Gasteiger charge is 2.19. The Hall–Kier alpha value is -3.92. The van der Waals surface area contributed by atoms with Crippen LogP contribution in [0.1, 0.15) is 30.2 Å². The van der Waals surface area contributed by atoms with Crippen molar-refractivity contribution < 1.29 is 13.2 Å². The molecule has 0 aliphatic heterocycles. The van der Waals surface area contributed by atoms with Gasteiger partial charge in [-0.2, -0.15) is 0 Å². The second-order valence-corrected chi connectivity index (χ2v) is 9.18. The van der Waals surface area contributed by atoms with Crippen LogP contribution in [0.5, 0.6) is 0 Å². The molecule has 4 aromatic rings. The predicted molar refractivity (Wildman–Crippen MR) is 118 cm³/mol. The van der Waals surface area contributed by atoms with E-state index in [2.05, 4.69) is 25.5 Å². The molecule has 32 heavy (non-hydrogen) atoms. The zero-order valence-electron chi connectivity index (χ0n) is 17.4. The summed E-state index contributed by atoms with van der Waals surface area (Å²) in [6, 6.07) is 14.0. The lowest BCUT2D eigenvalue weighted by atomic mass is 10.2. The second kappa shape index (κ2) is 8.67. The molecule has 162 valence electrons. The summed E-state index contributed by atoms with van der Waals surface area (Å²) in [7, 11) is -3.77. The lowest BCUT2D eigenvalue weighted by molar-refractivity contribution is 0.102. The van der Waals surface area contributed by atoms with E-state index in [1.54, 1.807) is 30.6 Å². The van der Waals surface area contributed by atoms with Crippen LogP contribution >= 0.6 is 0 Å². The molecule has 3 heterocycles. The third kappa shape index (κ3) is 4.26. The Morgan fingerprint density at radius 1 is 1.00 bits per heavy atom. The molecule has 10 heteroatoms. The number of hydrogen-bond acceptors (Lipinski definition) is 7. The maximum atomic E-state index is 12.8. The number of carbonyl (C=O) groups excluding carboxylic acids is 1. The highest BCUT2D eigenvalue weighted by Crippen LogP contribution is 2.22. The molecule has 0 saturated carbocycles. The van der Waals surface area contributed by atoms with Gasteiger partial charge in [-0.15, -0.1) is 10.2 Å². The van der Waals surface area contributed by atoms with Crippen LogP contribution in [0.2, 0.25) is 0 Å². The number of nitrogens with zero attached hydrogens (tertiary/aromatic N) is 5. The van der Waals surface area contributed by atoms with Crippen molar-refractivity contribution in [3.63, 3.8) is 0 Å². The number of benzene rings is 1. The Bertz CT molecular complexity index is 1370. The molecule has 1 aromatic carbocycles. The van der Waals surface area contributed by atoms with Gasteiger partial charge in [0.1, 0.15) is 17.8 Å². The third-order valence-corrected chi connectivity index (χ3v) is 6.48. The maximum Gasteiger partial charge on any atom is 0.256 e. The summed E-state index contributed by atoms with van der Waals surface area (Å²) < 4.78 is 27.6. The average Bonchev–Trinajstić information content (AvgIpc) is 3.30. The minimum atomic E-state index is -3.77. The van der Waals surface area contributed by atoms with Gasteiger partial charge in [-0.25, -0.2) is 13.4 Å². The molecule has 0 radical (unpaired) electrons. The van der Waals surface area contributed by atoms with Gasteiger partial charge in [0.25, 0.3) is 5.91 Å². The predicted octanol–water partition coefficient (Wildman–Crippen LogP) is 3.40. The van der Waals surface area contributed by atoms with Crippen molar-refractivity contribution in [1.29, 1.82) is 0 Å². The molecule has 4 rings (SSSR count). The van der Waals surface area contributed by atoms with E-state index in [9.17, 15) is 13.2 Å². The molecule has 1 amide bonds. The molecule has 0 spiro atoms. The number of carbonyl (C=O) groups is 1. The van der Waals surface area contributed by atoms with Crippen molar-refractivity contribution >= 4 is 21.6 Å². The fraction of sp³-hybridized carbons (Fsp3) is 0.136. The first-order chi connectivity index (χ1) is 15.4. The normalized spacial score (nSPS) is 11.5. The lowest BCUT2D eigenvalue weighted by Gasteiger charge is -2.11. The number of rotatable bonds is 6. The topological polar surface area (TPSA) is 120 Å². The van der Waals surface area contributed by atoms with Gasteiger partial charge in [0, 0.05) is 24.0 Å². The first-order valence-electron chi connectivity index (χ1n) is 9.80. The van der Waals surface area contributed by atoms with Crippen LogP contribution in [0.25, 0.3) is 11.5 Å². The molecule has 0 atom stereocenters. The number of pyridine rings is 2. The van der Waals surface area contributed by atoms with Crippen LogP contribution < -0.4 is 5.32 Å². The molecular formula is C22H20N6O3S. The number of nitrogens with one attached hydrogen (secondary N) is 1. The third-order valence-electron chi connectivity index (χ3n) is 4.72. The monoisotopic (exact) mass is 448 g/mol. The largest absolute Gasteiger partial charge is 0.310 e. The minimum absolute atomic E-state index is 0.0168. The average molecular weight is 449 g/mol. The fourth-order valence-corrected chi connectivity index (χ4v) is 4.37. The van der Waals surface area contributed by atoms with E-state index in [4.69, 9.17) is 0 Å². The van der Waals surface area contributed by atoms with Gasteiger partial charge in [-0.1, -0.05) is 12.1 Å². The van der Waals surface area contributed by atoms with Crippen LogP contribution in [0.15, 0.2) is 83.1 Å². The minimum Gasteiger partial charge on any atom is -0.310 e. The molecule has 0 unspecified atom stereocenters. The number of amides is 1. The molecule has 0 aliphatic rings. The van der Waals surface area contributed by atoms with Crippen molar-refractivity contribution in [3.05, 3.63) is 78.9 Å². The van der Waals surface area contributed by atoms with E-state index in [0.717, 1.165) is 0 Å². The molecule has 0 saturated heterocycles. The summed E-state index contributed by atoms with van der Waals surface area (Å²) in [5, 5.41) is 10.8. The summed E-state index contributed by atoms with van der Waals surface area (Å²) in [5.41, 5.74) is 0.751. The van der Waals surface area contributed by atoms with Crippen LogP contribution in [0.4, 0.5) is 5.82 Å². The number of sulfone groups is 1. The van der Waals surface area contributed by atoms with Crippen molar-refractivity contribution in [1.82, 2.24) is 24.7 Å². The van der Waals surface area contributed by atoms with Gasteiger partial charge in [-0.3, -0.25) is 9.78 Å². The lowest BCUT2D eigenvalue weighted by Crippen LogP contribution is -2.14. The first kappa shape index (κ1) is 21.3. The summed E-state index contributed by atoms with van der Waals surface area (Å²) in [4.78, 5) is 21.2. The highest BCUT2D eigenvalue weighted by molar-refractivity contribution is 7.91. The zero-order chi connectivity index (χ0) is 22.7. The van der Waals surface area contributed by atoms with E-state index in [0.29, 0.717) is 17.3 Å². The Morgan fingerprint density at radius 3 is 2.50 bits per heavy atom. The summed E-state index contributed by atoms with van der Waals surface area (Å²) in [6.45, 7) is 4.01. The highest BCUT2D eigenvalue weighted by atomic mass is 32.2. The van der Waals surface area contributed by atoms with E-state index in [1.165, 1.54) is 42.7 Å². The van der Waals surface area contributed by atoms with Gasteiger partial charge in [0.15, 0.2) is 5.82 Å². The van der Waals surface area contributed by atoms with Crippen LogP contribution in [-0.2, 0) is 9.84 Å². The van der Waals surface area contributed by atoms with Gasteiger partial charge in [0.05, 0.1) is 9.79 Å². The molecule has 9 nitrogen and oxygen atoms in total. The van der Waals surface area contributed by atoms with Crippen LogP contribution in [-0.4, -0.2) is 39.1 Å². The molecular weight excluding hydrogens is 428 g/mol. The number of anilines is 1. The number of aromatic nitrogens is 5. The zero-order valence-corrected chi connectivity index (χ0v) is 18.2. The first-order valence-corrected chi connectivity index (χ1v) is 11.3. The van der Waals surface area contributed by atoms with Crippen molar-refractivity contribution in [2.75, 3.05) is 5.32 Å². The van der Waals surface area contributed by atoms with Crippen molar-refractivity contribution in [3.8, 4) is 11.5 Å². The standard InChI is InChI=1S/C22H20N6O3S/c1-15(2)28-14-24-27-21(28)19-7-4-8-20(25-19)26-22(29)16-5-3-6-18(13-16)32(30,31)17-9-11-23-12-10-17/h3-15H,1-2H3,(H,25,26,29). The smallest absolute Gasteiger partial charge is 0.256 e. The van der Waals surface area contributed by atoms with E-state index < -0.39 is 15.7 Å². The van der Waals surface area contributed by atoms with E-state index in [-0.39, 0.29) is 21.4 Å². The Kier molecular flexibility index (Phi) is 5.78. The molecule has 0 aliphatic carbocycles. The quantitative estimate of drug-likeness (QED) is 0.480. The van der Waals surface area contributed by atoms with Gasteiger partial charge in [0.2, 0.25) is 9.84 Å². The summed E-state index contributed by atoms with van der Waals surface area (Å²) in [5.74, 6) is 0.418. The van der Waals surface area contributed by atoms with Crippen LogP contribution in [0.3, 0.4) is 0 Å². The molecule has 1 N–H and O–H groups in total.